The number of nitrogens with one attached hydrogen (secondary N) is 1. The Labute approximate surface area is 212 Å². The molecule has 5 rings (SSSR count). The maximum atomic E-state index is 5.02. The summed E-state index contributed by atoms with van der Waals surface area (Å²) in [5.74, 6) is 2.65. The third-order valence-electron chi connectivity index (χ3n) is 6.89. The second-order valence-corrected chi connectivity index (χ2v) is 11.9. The third kappa shape index (κ3) is 5.16. The molecule has 9 heteroatoms. The van der Waals surface area contributed by atoms with Gasteiger partial charge in [0.1, 0.15) is 5.52 Å². The summed E-state index contributed by atoms with van der Waals surface area (Å²) in [6, 6.07) is 7.06. The van der Waals surface area contributed by atoms with E-state index in [9.17, 15) is 0 Å². The molecule has 0 bridgehead atoms. The fraction of sp³-hybridized carbons (Fsp3) is 0.538. The van der Waals surface area contributed by atoms with Crippen LogP contribution in [0.1, 0.15) is 38.8 Å². The average molecular weight is 493 g/mol. The number of nitrogens with zero attached hydrogens (tertiary/aromatic N) is 7. The number of thioether (sulfide) groups is 1. The van der Waals surface area contributed by atoms with E-state index in [0.717, 1.165) is 67.1 Å². The number of imidazole rings is 1. The normalized spacial score (nSPS) is 19.4. The van der Waals surface area contributed by atoms with Gasteiger partial charge in [0.25, 0.3) is 0 Å². The summed E-state index contributed by atoms with van der Waals surface area (Å²) >= 11 is 1.88. The van der Waals surface area contributed by atoms with Crippen molar-refractivity contribution in [2.45, 2.75) is 46.1 Å². The number of rotatable bonds is 5. The maximum Gasteiger partial charge on any atom is 0.229 e. The van der Waals surface area contributed by atoms with Crippen LogP contribution in [-0.4, -0.2) is 74.0 Å². The van der Waals surface area contributed by atoms with Gasteiger partial charge in [-0.25, -0.2) is 4.98 Å². The first-order valence-corrected chi connectivity index (χ1v) is 13.4. The van der Waals surface area contributed by atoms with Crippen LogP contribution in [0, 0.1) is 6.92 Å². The quantitative estimate of drug-likeness (QED) is 0.567. The SMILES string of the molecule is CC1=NC(CN2CCN(c3nc(Nc4cc(C(C)(C)C)ccc4C)c4c(ncn4C)n3)CC2)CS1. The number of piperazine rings is 1. The molecule has 0 aliphatic carbocycles. The minimum atomic E-state index is 0.0731. The van der Waals surface area contributed by atoms with Gasteiger partial charge in [0, 0.05) is 51.2 Å². The maximum absolute atomic E-state index is 5.02. The van der Waals surface area contributed by atoms with E-state index in [2.05, 4.69) is 72.9 Å². The van der Waals surface area contributed by atoms with E-state index in [1.165, 1.54) is 16.2 Å². The zero-order valence-corrected chi connectivity index (χ0v) is 22.5. The highest BCUT2D eigenvalue weighted by molar-refractivity contribution is 8.14. The van der Waals surface area contributed by atoms with Crippen molar-refractivity contribution in [2.75, 3.05) is 48.7 Å². The zero-order valence-electron chi connectivity index (χ0n) is 21.7. The molecule has 0 saturated carbocycles. The number of aliphatic imine (C=N–C) groups is 1. The lowest BCUT2D eigenvalue weighted by molar-refractivity contribution is 0.248. The molecule has 0 radical (unpaired) electrons. The summed E-state index contributed by atoms with van der Waals surface area (Å²) < 4.78 is 1.99. The summed E-state index contributed by atoms with van der Waals surface area (Å²) in [5.41, 5.74) is 5.26. The van der Waals surface area contributed by atoms with E-state index < -0.39 is 0 Å². The largest absolute Gasteiger partial charge is 0.338 e. The van der Waals surface area contributed by atoms with Crippen molar-refractivity contribution in [1.82, 2.24) is 24.4 Å². The predicted molar refractivity (Wildman–Crippen MR) is 147 cm³/mol. The molecule has 1 aromatic carbocycles. The van der Waals surface area contributed by atoms with Crippen LogP contribution in [-0.2, 0) is 12.5 Å². The summed E-state index contributed by atoms with van der Waals surface area (Å²) in [4.78, 5) is 24.0. The standard InChI is InChI=1S/C26H36N8S/c1-17-7-8-19(26(3,4)5)13-21(17)29-24-22-23(27-16-32(22)6)30-25(31-24)34-11-9-33(10-12-34)14-20-15-35-18(2)28-20/h7-8,13,16,20H,9-12,14-15H2,1-6H3,(H,29,30,31). The van der Waals surface area contributed by atoms with Crippen molar-refractivity contribution in [1.29, 1.82) is 0 Å². The Morgan fingerprint density at radius 3 is 2.54 bits per heavy atom. The smallest absolute Gasteiger partial charge is 0.229 e. The van der Waals surface area contributed by atoms with Gasteiger partial charge in [-0.2, -0.15) is 9.97 Å². The number of fused-ring (bicyclic) bond motifs is 1. The molecular weight excluding hydrogens is 456 g/mol. The summed E-state index contributed by atoms with van der Waals surface area (Å²) in [7, 11) is 1.99. The van der Waals surface area contributed by atoms with Gasteiger partial charge in [-0.1, -0.05) is 32.9 Å². The average Bonchev–Trinajstić information content (AvgIpc) is 3.40. The fourth-order valence-electron chi connectivity index (χ4n) is 4.70. The van der Waals surface area contributed by atoms with Gasteiger partial charge in [0.15, 0.2) is 11.5 Å². The Balaban J connectivity index is 1.38. The van der Waals surface area contributed by atoms with Crippen LogP contribution in [0.4, 0.5) is 17.5 Å². The van der Waals surface area contributed by atoms with Gasteiger partial charge >= 0.3 is 0 Å². The van der Waals surface area contributed by atoms with Gasteiger partial charge in [-0.15, -0.1) is 11.8 Å². The highest BCUT2D eigenvalue weighted by Crippen LogP contribution is 2.31. The molecule has 1 N–H and O–H groups in total. The van der Waals surface area contributed by atoms with E-state index >= 15 is 0 Å². The van der Waals surface area contributed by atoms with Crippen molar-refractivity contribution >= 4 is 45.4 Å². The highest BCUT2D eigenvalue weighted by Gasteiger charge is 2.25. The number of aryl methyl sites for hydroxylation is 2. The van der Waals surface area contributed by atoms with Crippen LogP contribution in [0.5, 0.6) is 0 Å². The first kappa shape index (κ1) is 24.1. The van der Waals surface area contributed by atoms with Crippen molar-refractivity contribution in [3.63, 3.8) is 0 Å². The van der Waals surface area contributed by atoms with E-state index in [4.69, 9.17) is 15.0 Å². The molecule has 2 aliphatic heterocycles. The molecule has 186 valence electrons. The van der Waals surface area contributed by atoms with Gasteiger partial charge < -0.3 is 14.8 Å². The Morgan fingerprint density at radius 1 is 1.09 bits per heavy atom. The summed E-state index contributed by atoms with van der Waals surface area (Å²) in [5, 5.41) is 4.85. The molecule has 0 spiro atoms. The number of aromatic nitrogens is 4. The van der Waals surface area contributed by atoms with Crippen LogP contribution in [0.25, 0.3) is 11.2 Å². The molecule has 0 amide bonds. The summed E-state index contributed by atoms with van der Waals surface area (Å²) in [6.07, 6.45) is 1.81. The van der Waals surface area contributed by atoms with Crippen LogP contribution in [0.3, 0.4) is 0 Å². The van der Waals surface area contributed by atoms with Crippen LogP contribution < -0.4 is 10.2 Å². The van der Waals surface area contributed by atoms with Crippen molar-refractivity contribution < 1.29 is 0 Å². The minimum absolute atomic E-state index is 0.0731. The third-order valence-corrected chi connectivity index (χ3v) is 7.96. The van der Waals surface area contributed by atoms with E-state index in [1.54, 1.807) is 0 Å². The van der Waals surface area contributed by atoms with Crippen LogP contribution >= 0.6 is 11.8 Å². The first-order valence-electron chi connectivity index (χ1n) is 12.4. The molecule has 1 atom stereocenters. The number of anilines is 3. The van der Waals surface area contributed by atoms with Gasteiger partial charge in [-0.05, 0) is 36.5 Å². The molecule has 8 nitrogen and oxygen atoms in total. The predicted octanol–water partition coefficient (Wildman–Crippen LogP) is 4.37. The van der Waals surface area contributed by atoms with Crippen molar-refractivity contribution in [2.24, 2.45) is 12.0 Å². The van der Waals surface area contributed by atoms with Crippen LogP contribution in [0.2, 0.25) is 0 Å². The van der Waals surface area contributed by atoms with Crippen molar-refractivity contribution in [3.05, 3.63) is 35.7 Å². The molecule has 2 aromatic heterocycles. The Bertz CT molecular complexity index is 1250. The minimum Gasteiger partial charge on any atom is -0.338 e. The molecule has 2 aliphatic rings. The number of benzene rings is 1. The lowest BCUT2D eigenvalue weighted by Crippen LogP contribution is -2.49. The molecule has 1 unspecified atom stereocenters. The van der Waals surface area contributed by atoms with Gasteiger partial charge in [0.2, 0.25) is 5.95 Å². The lowest BCUT2D eigenvalue weighted by atomic mass is 9.86. The van der Waals surface area contributed by atoms with E-state index in [1.807, 2.05) is 29.7 Å². The monoisotopic (exact) mass is 492 g/mol. The highest BCUT2D eigenvalue weighted by atomic mass is 32.2. The Hall–Kier alpha value is -2.65. The topological polar surface area (TPSA) is 74.5 Å². The van der Waals surface area contributed by atoms with Crippen LogP contribution in [0.15, 0.2) is 29.5 Å². The molecular formula is C26H36N8S. The molecule has 1 fully saturated rings. The number of hydrogen-bond acceptors (Lipinski definition) is 8. The molecule has 3 aromatic rings. The van der Waals surface area contributed by atoms with Gasteiger partial charge in [-0.3, -0.25) is 9.89 Å². The Kier molecular flexibility index (Phi) is 6.48. The zero-order chi connectivity index (χ0) is 24.7. The molecule has 1 saturated heterocycles. The Morgan fingerprint density at radius 2 is 1.86 bits per heavy atom. The van der Waals surface area contributed by atoms with E-state index in [0.29, 0.717) is 6.04 Å². The number of hydrogen-bond donors (Lipinski definition) is 1. The van der Waals surface area contributed by atoms with Crippen molar-refractivity contribution in [3.8, 4) is 0 Å². The summed E-state index contributed by atoms with van der Waals surface area (Å²) in [6.45, 7) is 15.8. The first-order chi connectivity index (χ1) is 16.7. The van der Waals surface area contributed by atoms with Gasteiger partial charge in [0.05, 0.1) is 17.4 Å². The second-order valence-electron chi connectivity index (χ2n) is 10.7. The second kappa shape index (κ2) is 9.43. The van der Waals surface area contributed by atoms with E-state index in [-0.39, 0.29) is 5.41 Å². The fourth-order valence-corrected chi connectivity index (χ4v) is 5.53. The molecule has 35 heavy (non-hydrogen) atoms. The molecule has 4 heterocycles. The lowest BCUT2D eigenvalue weighted by Gasteiger charge is -2.35.